The highest BCUT2D eigenvalue weighted by Crippen LogP contribution is 2.31. The fourth-order valence-corrected chi connectivity index (χ4v) is 0. The Morgan fingerprint density at radius 3 is 0.800 bits per heavy atom. The van der Waals surface area contributed by atoms with E-state index in [0.717, 1.165) is 0 Å². The zero-order valence-electron chi connectivity index (χ0n) is 5.33. The molecular formula is C2H8Cl4O2P2. The van der Waals surface area contributed by atoms with Gasteiger partial charge in [0.25, 0.3) is 0 Å². The van der Waals surface area contributed by atoms with Crippen LogP contribution in [-0.4, -0.2) is 0 Å². The van der Waals surface area contributed by atoms with Gasteiger partial charge in [0, 0.05) is 0 Å². The van der Waals surface area contributed by atoms with Gasteiger partial charge in [0.05, 0.1) is 0 Å². The molecule has 10 heavy (non-hydrogen) atoms. The molecule has 0 unspecified atom stereocenters. The number of halogens is 4. The van der Waals surface area contributed by atoms with Gasteiger partial charge >= 0.3 is 0 Å². The van der Waals surface area contributed by atoms with Crippen LogP contribution in [0.1, 0.15) is 13.8 Å². The quantitative estimate of drug-likeness (QED) is 0.595. The van der Waals surface area contributed by atoms with Gasteiger partial charge in [0.1, 0.15) is 0 Å². The van der Waals surface area contributed by atoms with Crippen LogP contribution in [0.15, 0.2) is 0 Å². The van der Waals surface area contributed by atoms with Gasteiger partial charge in [-0.05, 0) is 45.0 Å². The average Bonchev–Trinajstić information content (AvgIpc) is 1.66. The van der Waals surface area contributed by atoms with Crippen molar-refractivity contribution in [3.63, 3.8) is 0 Å². The van der Waals surface area contributed by atoms with Crippen LogP contribution in [0.25, 0.3) is 0 Å². The van der Waals surface area contributed by atoms with E-state index in [1.807, 2.05) is 13.8 Å². The third-order valence-corrected chi connectivity index (χ3v) is 0. The van der Waals surface area contributed by atoms with Crippen molar-refractivity contribution in [1.82, 2.24) is 0 Å². The van der Waals surface area contributed by atoms with Crippen LogP contribution in [-0.2, 0) is 9.13 Å². The molecule has 8 heteroatoms. The van der Waals surface area contributed by atoms with E-state index in [0.29, 0.717) is 0 Å². The molecule has 0 saturated carbocycles. The first-order chi connectivity index (χ1) is 4.46. The second kappa shape index (κ2) is 16.9. The maximum absolute atomic E-state index is 9.16. The van der Waals surface area contributed by atoms with Gasteiger partial charge in [0.15, 0.2) is 0 Å². The molecule has 0 aliphatic rings. The molecule has 0 heterocycles. The maximum Gasteiger partial charge on any atom is 0.241 e. The molecule has 0 rings (SSSR count). The first-order valence-corrected chi connectivity index (χ1v) is 9.03. The third kappa shape index (κ3) is 272. The molecule has 66 valence electrons. The Kier molecular flexibility index (Phi) is 29.9. The van der Waals surface area contributed by atoms with Gasteiger partial charge < -0.3 is 0 Å². The summed E-state index contributed by atoms with van der Waals surface area (Å²) in [7, 11) is 0. The molecular weight excluding hydrogens is 260 g/mol. The van der Waals surface area contributed by atoms with Gasteiger partial charge in [-0.3, -0.25) is 9.13 Å². The summed E-state index contributed by atoms with van der Waals surface area (Å²) >= 11 is 18.3. The maximum atomic E-state index is 9.16. The fourth-order valence-electron chi connectivity index (χ4n) is 0. The van der Waals surface area contributed by atoms with Gasteiger partial charge in [-0.15, -0.1) is 0 Å². The molecule has 0 atom stereocenters. The van der Waals surface area contributed by atoms with Gasteiger partial charge in [-0.1, -0.05) is 13.8 Å². The molecule has 0 aromatic heterocycles. The minimum atomic E-state index is -2.19. The number of rotatable bonds is 0. The summed E-state index contributed by atoms with van der Waals surface area (Å²) < 4.78 is 18.3. The first kappa shape index (κ1) is 17.6. The SMILES string of the molecule is CC.O=[PH](Cl)Cl.O=[PH](Cl)Cl. The summed E-state index contributed by atoms with van der Waals surface area (Å²) in [6.45, 7) is -0.370. The van der Waals surface area contributed by atoms with Gasteiger partial charge in [-0.25, -0.2) is 0 Å². The Labute approximate surface area is 80.9 Å². The van der Waals surface area contributed by atoms with Crippen molar-refractivity contribution in [1.29, 1.82) is 0 Å². The molecule has 0 radical (unpaired) electrons. The van der Waals surface area contributed by atoms with Crippen molar-refractivity contribution < 1.29 is 9.13 Å². The molecule has 0 amide bonds. The highest BCUT2D eigenvalue weighted by Gasteiger charge is 1.67. The van der Waals surface area contributed by atoms with Crippen molar-refractivity contribution >= 4 is 58.0 Å². The first-order valence-electron chi connectivity index (χ1n) is 2.16. The van der Waals surface area contributed by atoms with E-state index in [1.54, 1.807) is 0 Å². The highest BCUT2D eigenvalue weighted by atomic mass is 35.9. The lowest BCUT2D eigenvalue weighted by Crippen LogP contribution is -0.953. The van der Waals surface area contributed by atoms with E-state index in [4.69, 9.17) is 9.13 Å². The van der Waals surface area contributed by atoms with Crippen LogP contribution < -0.4 is 0 Å². The summed E-state index contributed by atoms with van der Waals surface area (Å²) in [4.78, 5) is 0. The van der Waals surface area contributed by atoms with E-state index in [-0.39, 0.29) is 0 Å². The minimum absolute atomic E-state index is 2.00. The second-order valence-corrected chi connectivity index (χ2v) is 6.63. The molecule has 0 aromatic rings. The molecule has 0 aromatic carbocycles. The number of hydrogen-bond donors (Lipinski definition) is 0. The predicted molar refractivity (Wildman–Crippen MR) is 52.8 cm³/mol. The van der Waals surface area contributed by atoms with Crippen molar-refractivity contribution in [2.75, 3.05) is 0 Å². The summed E-state index contributed by atoms with van der Waals surface area (Å²) in [6.07, 6.45) is 0. The molecule has 0 spiro atoms. The van der Waals surface area contributed by atoms with Crippen LogP contribution in [0.3, 0.4) is 0 Å². The van der Waals surface area contributed by atoms with E-state index in [9.17, 15) is 0 Å². The molecule has 2 nitrogen and oxygen atoms in total. The van der Waals surface area contributed by atoms with E-state index >= 15 is 0 Å². The fraction of sp³-hybridized carbons (Fsp3) is 1.00. The second-order valence-electron chi connectivity index (χ2n) is 0.451. The van der Waals surface area contributed by atoms with Crippen LogP contribution in [0.4, 0.5) is 0 Å². The summed E-state index contributed by atoms with van der Waals surface area (Å²) in [5.74, 6) is 0. The molecule has 0 aliphatic carbocycles. The Hall–Kier alpha value is 1.62. The van der Waals surface area contributed by atoms with Gasteiger partial charge in [0.2, 0.25) is 13.0 Å². The lowest BCUT2D eigenvalue weighted by molar-refractivity contribution is 0.602. The lowest BCUT2D eigenvalue weighted by atomic mass is 11.0. The van der Waals surface area contributed by atoms with Crippen LogP contribution in [0.5, 0.6) is 0 Å². The summed E-state index contributed by atoms with van der Waals surface area (Å²) in [5, 5.41) is 0. The smallest absolute Gasteiger partial charge is 0.241 e. The highest BCUT2D eigenvalue weighted by molar-refractivity contribution is 7.95. The zero-order valence-corrected chi connectivity index (χ0v) is 10.4. The Morgan fingerprint density at radius 2 is 0.800 bits per heavy atom. The van der Waals surface area contributed by atoms with E-state index in [2.05, 4.69) is 45.0 Å². The van der Waals surface area contributed by atoms with Crippen LogP contribution >= 0.6 is 58.0 Å². The summed E-state index contributed by atoms with van der Waals surface area (Å²) in [6, 6.07) is 0. The topological polar surface area (TPSA) is 34.1 Å². The third-order valence-electron chi connectivity index (χ3n) is 0. The average molecular weight is 268 g/mol. The number of hydrogen-bond acceptors (Lipinski definition) is 2. The van der Waals surface area contributed by atoms with Crippen LogP contribution in [0.2, 0.25) is 0 Å². The minimum Gasteiger partial charge on any atom is -0.293 e. The van der Waals surface area contributed by atoms with E-state index in [1.165, 1.54) is 0 Å². The normalized spacial score (nSPS) is 7.60. The lowest BCUT2D eigenvalue weighted by Gasteiger charge is -1.52. The molecule has 0 fully saturated rings. The van der Waals surface area contributed by atoms with Crippen molar-refractivity contribution in [2.45, 2.75) is 13.8 Å². The largest absolute Gasteiger partial charge is 0.293 e. The van der Waals surface area contributed by atoms with Crippen molar-refractivity contribution in [2.24, 2.45) is 0 Å². The zero-order chi connectivity index (χ0) is 9.15. The molecule has 0 bridgehead atoms. The molecule has 0 aliphatic heterocycles. The van der Waals surface area contributed by atoms with Crippen molar-refractivity contribution in [3.05, 3.63) is 0 Å². The summed E-state index contributed by atoms with van der Waals surface area (Å²) in [5.41, 5.74) is 0. The van der Waals surface area contributed by atoms with Crippen LogP contribution in [0, 0.1) is 0 Å². The van der Waals surface area contributed by atoms with Gasteiger partial charge in [-0.2, -0.15) is 0 Å². The Bertz CT molecular complexity index is 77.3. The standard InChI is InChI=1S/C2H6.2Cl2HOP/c1-2;2*1-4(2)3/h1-2H3;2*4H. The molecule has 0 saturated heterocycles. The Morgan fingerprint density at radius 1 is 0.800 bits per heavy atom. The molecule has 0 N–H and O–H groups in total. The van der Waals surface area contributed by atoms with Crippen molar-refractivity contribution in [3.8, 4) is 0 Å². The monoisotopic (exact) mass is 266 g/mol. The predicted octanol–water partition coefficient (Wildman–Crippen LogP) is 4.73. The Balaban J connectivity index is -0.0000000787. The van der Waals surface area contributed by atoms with E-state index < -0.39 is 13.0 Å².